The average molecular weight is 377 g/mol. The second-order valence-corrected chi connectivity index (χ2v) is 7.77. The summed E-state index contributed by atoms with van der Waals surface area (Å²) in [4.78, 5) is 28.8. The maximum Gasteiger partial charge on any atom is 0.332 e. The van der Waals surface area contributed by atoms with Gasteiger partial charge in [0.1, 0.15) is 6.04 Å². The molecule has 0 saturated carbocycles. The molecule has 0 N–H and O–H groups in total. The summed E-state index contributed by atoms with van der Waals surface area (Å²) in [7, 11) is 0. The lowest BCUT2D eigenvalue weighted by molar-refractivity contribution is -0.119. The maximum atomic E-state index is 13.1. The lowest BCUT2D eigenvalue weighted by atomic mass is 9.86. The van der Waals surface area contributed by atoms with Crippen LogP contribution >= 0.6 is 23.2 Å². The van der Waals surface area contributed by atoms with Crippen LogP contribution in [-0.2, 0) is 4.79 Å². The summed E-state index contributed by atoms with van der Waals surface area (Å²) in [6, 6.07) is 4.06. The van der Waals surface area contributed by atoms with E-state index in [1.807, 2.05) is 0 Å². The Hall–Kier alpha value is -1.78. The van der Waals surface area contributed by atoms with Gasteiger partial charge in [-0.3, -0.25) is 4.79 Å². The van der Waals surface area contributed by atoms with Crippen molar-refractivity contribution in [3.63, 3.8) is 0 Å². The Labute approximate surface area is 156 Å². The first kappa shape index (κ1) is 16.7. The lowest BCUT2D eigenvalue weighted by Gasteiger charge is -2.21. The van der Waals surface area contributed by atoms with E-state index in [1.54, 1.807) is 23.1 Å². The maximum absolute atomic E-state index is 13.1. The van der Waals surface area contributed by atoms with Gasteiger partial charge in [0.2, 0.25) is 0 Å². The van der Waals surface area contributed by atoms with Crippen LogP contribution in [0.3, 0.4) is 0 Å². The number of allylic oxidation sites excluding steroid dienone is 3. The number of halogens is 2. The Morgan fingerprint density at radius 2 is 1.84 bits per heavy atom. The second-order valence-electron chi connectivity index (χ2n) is 6.89. The summed E-state index contributed by atoms with van der Waals surface area (Å²) in [5, 5.41) is 0.803. The van der Waals surface area contributed by atoms with Gasteiger partial charge in [0.15, 0.2) is 0 Å². The van der Waals surface area contributed by atoms with Crippen molar-refractivity contribution in [2.75, 3.05) is 11.4 Å². The number of carbonyl (C=O) groups is 2. The topological polar surface area (TPSA) is 40.6 Å². The molecule has 0 radical (unpaired) electrons. The molecule has 4 nitrogen and oxygen atoms in total. The van der Waals surface area contributed by atoms with Gasteiger partial charge in [0.25, 0.3) is 5.91 Å². The molecule has 6 heteroatoms. The number of urea groups is 1. The third-order valence-electron chi connectivity index (χ3n) is 5.18. The lowest BCUT2D eigenvalue weighted by Crippen LogP contribution is -2.34. The Kier molecular flexibility index (Phi) is 4.13. The van der Waals surface area contributed by atoms with Crippen LogP contribution in [0.1, 0.15) is 19.8 Å². The van der Waals surface area contributed by atoms with Crippen molar-refractivity contribution in [1.29, 1.82) is 0 Å². The van der Waals surface area contributed by atoms with Gasteiger partial charge in [-0.25, -0.2) is 9.69 Å². The van der Waals surface area contributed by atoms with Crippen LogP contribution in [0, 0.1) is 11.8 Å². The quantitative estimate of drug-likeness (QED) is 0.703. The van der Waals surface area contributed by atoms with Crippen molar-refractivity contribution in [3.8, 4) is 0 Å². The highest BCUT2D eigenvalue weighted by molar-refractivity contribution is 6.35. The number of fused-ring (bicyclic) bond motifs is 1. The molecule has 0 bridgehead atoms. The van der Waals surface area contributed by atoms with Gasteiger partial charge in [-0.05, 0) is 42.5 Å². The SMILES string of the molecule is CC1C=CC(C2CCN3C(=O)N(c4cc(Cl)cc(Cl)c4)C(=O)C23)=CC1. The molecule has 0 aromatic heterocycles. The number of hydrogen-bond acceptors (Lipinski definition) is 2. The summed E-state index contributed by atoms with van der Waals surface area (Å²) < 4.78 is 0. The zero-order valence-corrected chi connectivity index (χ0v) is 15.3. The molecule has 25 heavy (non-hydrogen) atoms. The summed E-state index contributed by atoms with van der Waals surface area (Å²) in [5.74, 6) is 0.380. The fourth-order valence-corrected chi connectivity index (χ4v) is 4.46. The molecule has 2 fully saturated rings. The van der Waals surface area contributed by atoms with Gasteiger partial charge in [-0.1, -0.05) is 48.4 Å². The summed E-state index contributed by atoms with van der Waals surface area (Å²) in [6.07, 6.45) is 8.28. The van der Waals surface area contributed by atoms with E-state index in [1.165, 1.54) is 4.90 Å². The minimum absolute atomic E-state index is 0.0554. The predicted octanol–water partition coefficient (Wildman–Crippen LogP) is 4.67. The number of imide groups is 1. The van der Waals surface area contributed by atoms with Crippen LogP contribution in [0.25, 0.3) is 0 Å². The Morgan fingerprint density at radius 1 is 1.12 bits per heavy atom. The Balaban J connectivity index is 1.66. The average Bonchev–Trinajstić information content (AvgIpc) is 3.08. The summed E-state index contributed by atoms with van der Waals surface area (Å²) in [5.41, 5.74) is 1.60. The molecule has 1 aromatic rings. The smallest absolute Gasteiger partial charge is 0.311 e. The van der Waals surface area contributed by atoms with Gasteiger partial charge in [-0.15, -0.1) is 0 Å². The van der Waals surface area contributed by atoms with Gasteiger partial charge in [-0.2, -0.15) is 0 Å². The second kappa shape index (κ2) is 6.19. The molecule has 1 aromatic carbocycles. The normalized spacial score (nSPS) is 28.6. The molecule has 2 aliphatic heterocycles. The van der Waals surface area contributed by atoms with E-state index < -0.39 is 6.04 Å². The number of benzene rings is 1. The van der Waals surface area contributed by atoms with Crippen LogP contribution in [0.4, 0.5) is 10.5 Å². The molecular weight excluding hydrogens is 359 g/mol. The molecule has 3 unspecified atom stereocenters. The molecule has 3 amide bonds. The van der Waals surface area contributed by atoms with Gasteiger partial charge >= 0.3 is 6.03 Å². The molecule has 2 heterocycles. The molecule has 3 aliphatic rings. The Bertz CT molecular complexity index is 797. The fraction of sp³-hybridized carbons (Fsp3) is 0.368. The van der Waals surface area contributed by atoms with Crippen molar-refractivity contribution in [1.82, 2.24) is 4.90 Å². The van der Waals surface area contributed by atoms with Crippen LogP contribution in [0.5, 0.6) is 0 Å². The molecule has 1 aliphatic carbocycles. The minimum Gasteiger partial charge on any atom is -0.311 e. The number of nitrogens with zero attached hydrogens (tertiary/aromatic N) is 2. The van der Waals surface area contributed by atoms with Gasteiger partial charge in [0.05, 0.1) is 5.69 Å². The molecule has 130 valence electrons. The minimum atomic E-state index is -0.436. The molecule has 2 saturated heterocycles. The van der Waals surface area contributed by atoms with E-state index in [0.717, 1.165) is 18.4 Å². The third-order valence-corrected chi connectivity index (χ3v) is 5.62. The summed E-state index contributed by atoms with van der Waals surface area (Å²) in [6.45, 7) is 2.75. The molecule has 0 spiro atoms. The van der Waals surface area contributed by atoms with Gasteiger partial charge in [0, 0.05) is 22.5 Å². The standard InChI is InChI=1S/C19H18Cl2N2O2/c1-11-2-4-12(5-3-11)16-6-7-22-17(16)18(24)23(19(22)25)15-9-13(20)8-14(21)10-15/h2,4-5,8-11,16-17H,3,6-7H2,1H3. The van der Waals surface area contributed by atoms with E-state index in [2.05, 4.69) is 25.2 Å². The van der Waals surface area contributed by atoms with Crippen LogP contribution in [-0.4, -0.2) is 29.4 Å². The zero-order chi connectivity index (χ0) is 17.7. The van der Waals surface area contributed by atoms with Crippen molar-refractivity contribution in [2.45, 2.75) is 25.8 Å². The number of carbonyl (C=O) groups excluding carboxylic acids is 2. The number of rotatable bonds is 2. The largest absolute Gasteiger partial charge is 0.332 e. The highest BCUT2D eigenvalue weighted by atomic mass is 35.5. The number of anilines is 1. The molecule has 3 atom stereocenters. The van der Waals surface area contributed by atoms with Gasteiger partial charge < -0.3 is 4.90 Å². The van der Waals surface area contributed by atoms with E-state index >= 15 is 0 Å². The van der Waals surface area contributed by atoms with Crippen molar-refractivity contribution < 1.29 is 9.59 Å². The third kappa shape index (κ3) is 2.77. The highest BCUT2D eigenvalue weighted by Crippen LogP contribution is 2.40. The first-order valence-electron chi connectivity index (χ1n) is 8.44. The number of hydrogen-bond donors (Lipinski definition) is 0. The Morgan fingerprint density at radius 3 is 2.48 bits per heavy atom. The van der Waals surface area contributed by atoms with E-state index in [0.29, 0.717) is 28.2 Å². The van der Waals surface area contributed by atoms with Crippen molar-refractivity contribution in [3.05, 3.63) is 52.0 Å². The summed E-state index contributed by atoms with van der Waals surface area (Å²) >= 11 is 12.1. The predicted molar refractivity (Wildman–Crippen MR) is 98.9 cm³/mol. The fourth-order valence-electron chi connectivity index (χ4n) is 3.94. The first-order valence-corrected chi connectivity index (χ1v) is 9.20. The molecular formula is C19H18Cl2N2O2. The monoisotopic (exact) mass is 376 g/mol. The highest BCUT2D eigenvalue weighted by Gasteiger charge is 2.53. The van der Waals surface area contributed by atoms with Crippen LogP contribution in [0.15, 0.2) is 42.0 Å². The van der Waals surface area contributed by atoms with Crippen LogP contribution in [0.2, 0.25) is 10.0 Å². The van der Waals surface area contributed by atoms with E-state index in [9.17, 15) is 9.59 Å². The van der Waals surface area contributed by atoms with E-state index in [4.69, 9.17) is 23.2 Å². The van der Waals surface area contributed by atoms with E-state index in [-0.39, 0.29) is 17.9 Å². The van der Waals surface area contributed by atoms with Crippen molar-refractivity contribution >= 4 is 40.8 Å². The number of amides is 3. The zero-order valence-electron chi connectivity index (χ0n) is 13.8. The van der Waals surface area contributed by atoms with Crippen LogP contribution < -0.4 is 4.90 Å². The van der Waals surface area contributed by atoms with Crippen molar-refractivity contribution in [2.24, 2.45) is 11.8 Å². The first-order chi connectivity index (χ1) is 12.0. The molecule has 4 rings (SSSR count).